The van der Waals surface area contributed by atoms with Gasteiger partial charge in [-0.25, -0.2) is 4.98 Å². The normalized spacial score (nSPS) is 12.2. The minimum absolute atomic E-state index is 0. The number of nitrogens with zero attached hydrogens (tertiary/aromatic N) is 1. The number of nitrogen functional groups attached to an aromatic ring is 1. The second-order valence-electron chi connectivity index (χ2n) is 4.14. The van der Waals surface area contributed by atoms with E-state index in [4.69, 9.17) is 5.73 Å². The maximum absolute atomic E-state index is 5.60. The van der Waals surface area contributed by atoms with Crippen LogP contribution in [0.5, 0.6) is 0 Å². The predicted molar refractivity (Wildman–Crippen MR) is 82.8 cm³/mol. The number of nitrogens with one attached hydrogen (secondary N) is 1. The number of aryl methyl sites for hydroxylation is 2. The van der Waals surface area contributed by atoms with Gasteiger partial charge in [-0.2, -0.15) is 0 Å². The van der Waals surface area contributed by atoms with Crippen LogP contribution in [0.3, 0.4) is 0 Å². The van der Waals surface area contributed by atoms with E-state index in [-0.39, 0.29) is 12.4 Å². The summed E-state index contributed by atoms with van der Waals surface area (Å²) in [4.78, 5) is 7.99. The zero-order valence-corrected chi connectivity index (χ0v) is 13.1. The van der Waals surface area contributed by atoms with Crippen molar-refractivity contribution in [3.8, 4) is 0 Å². The van der Waals surface area contributed by atoms with E-state index in [1.54, 1.807) is 11.3 Å². The molecular formula is C12H18ClN3S2. The van der Waals surface area contributed by atoms with Crippen LogP contribution in [0, 0.1) is 13.8 Å². The molecule has 2 heterocycles. The SMILES string of the molecule is Cc1cc(C(C)NCc2cnc(N)s2)c(C)s1.Cl. The highest BCUT2D eigenvalue weighted by Gasteiger charge is 2.11. The van der Waals surface area contributed by atoms with Crippen LogP contribution in [0.15, 0.2) is 12.3 Å². The number of nitrogens with two attached hydrogens (primary N) is 1. The van der Waals surface area contributed by atoms with Crippen molar-refractivity contribution in [2.24, 2.45) is 0 Å². The summed E-state index contributed by atoms with van der Waals surface area (Å²) in [6, 6.07) is 2.63. The monoisotopic (exact) mass is 303 g/mol. The largest absolute Gasteiger partial charge is 0.375 e. The third-order valence-corrected chi connectivity index (χ3v) is 4.51. The third kappa shape index (κ3) is 3.68. The Morgan fingerprint density at radius 2 is 2.11 bits per heavy atom. The van der Waals surface area contributed by atoms with E-state index >= 15 is 0 Å². The fourth-order valence-electron chi connectivity index (χ4n) is 1.85. The van der Waals surface area contributed by atoms with E-state index in [2.05, 4.69) is 37.1 Å². The molecule has 0 saturated heterocycles. The molecule has 0 amide bonds. The average Bonchev–Trinajstić information content (AvgIpc) is 2.81. The smallest absolute Gasteiger partial charge is 0.180 e. The highest BCUT2D eigenvalue weighted by Crippen LogP contribution is 2.26. The Bertz CT molecular complexity index is 507. The van der Waals surface area contributed by atoms with Gasteiger partial charge >= 0.3 is 0 Å². The van der Waals surface area contributed by atoms with Gasteiger partial charge < -0.3 is 11.1 Å². The minimum Gasteiger partial charge on any atom is -0.375 e. The number of hydrogen-bond donors (Lipinski definition) is 2. The summed E-state index contributed by atoms with van der Waals surface area (Å²) in [5.41, 5.74) is 7.00. The van der Waals surface area contributed by atoms with Crippen LogP contribution in [-0.2, 0) is 6.54 Å². The molecule has 0 spiro atoms. The van der Waals surface area contributed by atoms with E-state index < -0.39 is 0 Å². The van der Waals surface area contributed by atoms with Crippen molar-refractivity contribution in [2.45, 2.75) is 33.4 Å². The van der Waals surface area contributed by atoms with E-state index in [1.165, 1.54) is 20.2 Å². The van der Waals surface area contributed by atoms with Crippen molar-refractivity contribution in [2.75, 3.05) is 5.73 Å². The molecule has 3 N–H and O–H groups in total. The zero-order chi connectivity index (χ0) is 12.4. The molecular weight excluding hydrogens is 286 g/mol. The van der Waals surface area contributed by atoms with Crippen molar-refractivity contribution in [3.05, 3.63) is 32.5 Å². The van der Waals surface area contributed by atoms with Crippen LogP contribution in [0.1, 0.15) is 33.2 Å². The van der Waals surface area contributed by atoms with Crippen molar-refractivity contribution in [3.63, 3.8) is 0 Å². The fraction of sp³-hybridized carbons (Fsp3) is 0.417. The fourth-order valence-corrected chi connectivity index (χ4v) is 3.51. The molecule has 6 heteroatoms. The van der Waals surface area contributed by atoms with Gasteiger partial charge in [0.2, 0.25) is 0 Å². The topological polar surface area (TPSA) is 50.9 Å². The van der Waals surface area contributed by atoms with Crippen molar-refractivity contribution < 1.29 is 0 Å². The lowest BCUT2D eigenvalue weighted by Crippen LogP contribution is -2.17. The molecule has 100 valence electrons. The van der Waals surface area contributed by atoms with Gasteiger partial charge in [0, 0.05) is 33.4 Å². The molecule has 0 aliphatic carbocycles. The third-order valence-electron chi connectivity index (χ3n) is 2.70. The number of rotatable bonds is 4. The molecule has 0 bridgehead atoms. The molecule has 0 saturated carbocycles. The zero-order valence-electron chi connectivity index (χ0n) is 10.7. The summed E-state index contributed by atoms with van der Waals surface area (Å²) < 4.78 is 0. The van der Waals surface area contributed by atoms with Crippen molar-refractivity contribution >= 4 is 40.2 Å². The summed E-state index contributed by atoms with van der Waals surface area (Å²) in [5, 5.41) is 4.14. The number of halogens is 1. The molecule has 0 fully saturated rings. The molecule has 2 aromatic heterocycles. The maximum Gasteiger partial charge on any atom is 0.180 e. The van der Waals surface area contributed by atoms with Gasteiger partial charge in [0.15, 0.2) is 5.13 Å². The molecule has 1 atom stereocenters. The first-order valence-electron chi connectivity index (χ1n) is 5.56. The minimum atomic E-state index is 0. The number of aromatic nitrogens is 1. The molecule has 1 unspecified atom stereocenters. The first kappa shape index (κ1) is 15.4. The molecule has 0 aromatic carbocycles. The van der Waals surface area contributed by atoms with E-state index in [0.717, 1.165) is 6.54 Å². The standard InChI is InChI=1S/C12H17N3S2.ClH/c1-7-4-11(9(3)16-7)8(2)14-5-10-6-15-12(13)17-10;/h4,6,8,14H,5H2,1-3H3,(H2,13,15);1H. The van der Waals surface area contributed by atoms with Crippen molar-refractivity contribution in [1.29, 1.82) is 0 Å². The molecule has 0 aliphatic rings. The molecule has 2 aromatic rings. The second kappa shape index (κ2) is 6.52. The Kier molecular flexibility index (Phi) is 5.59. The summed E-state index contributed by atoms with van der Waals surface area (Å²) in [6.45, 7) is 7.34. The number of thiazole rings is 1. The lowest BCUT2D eigenvalue weighted by molar-refractivity contribution is 0.578. The summed E-state index contributed by atoms with van der Waals surface area (Å²) >= 11 is 3.39. The van der Waals surface area contributed by atoms with Gasteiger partial charge in [-0.3, -0.25) is 0 Å². The van der Waals surface area contributed by atoms with Crippen LogP contribution in [0.25, 0.3) is 0 Å². The molecule has 3 nitrogen and oxygen atoms in total. The van der Waals surface area contributed by atoms with E-state index in [9.17, 15) is 0 Å². The Morgan fingerprint density at radius 3 is 2.61 bits per heavy atom. The lowest BCUT2D eigenvalue weighted by Gasteiger charge is -2.12. The summed E-state index contributed by atoms with van der Waals surface area (Å²) in [7, 11) is 0. The molecule has 18 heavy (non-hydrogen) atoms. The van der Waals surface area contributed by atoms with Crippen molar-refractivity contribution in [1.82, 2.24) is 10.3 Å². The van der Waals surface area contributed by atoms with Crippen LogP contribution in [0.2, 0.25) is 0 Å². The van der Waals surface area contributed by atoms with Gasteiger partial charge in [-0.05, 0) is 32.4 Å². The molecule has 0 aliphatic heterocycles. The van der Waals surface area contributed by atoms with Crippen LogP contribution in [-0.4, -0.2) is 4.98 Å². The Balaban J connectivity index is 0.00000162. The Hall–Kier alpha value is -0.620. The van der Waals surface area contributed by atoms with Gasteiger partial charge in [-0.1, -0.05) is 0 Å². The molecule has 0 radical (unpaired) electrons. The highest BCUT2D eigenvalue weighted by atomic mass is 35.5. The number of anilines is 1. The predicted octanol–water partition coefficient (Wildman–Crippen LogP) is 3.68. The second-order valence-corrected chi connectivity index (χ2v) is 6.74. The van der Waals surface area contributed by atoms with E-state index in [1.807, 2.05) is 17.5 Å². The number of thiophene rings is 1. The Labute approximate surface area is 122 Å². The summed E-state index contributed by atoms with van der Waals surface area (Å²) in [6.07, 6.45) is 1.84. The van der Waals surface area contributed by atoms with Gasteiger partial charge in [0.05, 0.1) is 0 Å². The first-order valence-corrected chi connectivity index (χ1v) is 7.20. The lowest BCUT2D eigenvalue weighted by atomic mass is 10.1. The molecule has 2 rings (SSSR count). The van der Waals surface area contributed by atoms with Gasteiger partial charge in [0.25, 0.3) is 0 Å². The van der Waals surface area contributed by atoms with E-state index in [0.29, 0.717) is 11.2 Å². The summed E-state index contributed by atoms with van der Waals surface area (Å²) in [5.74, 6) is 0. The average molecular weight is 304 g/mol. The van der Waals surface area contributed by atoms with Crippen LogP contribution < -0.4 is 11.1 Å². The maximum atomic E-state index is 5.60. The first-order chi connectivity index (χ1) is 8.06. The van der Waals surface area contributed by atoms with Crippen LogP contribution >= 0.6 is 35.1 Å². The highest BCUT2D eigenvalue weighted by molar-refractivity contribution is 7.15. The van der Waals surface area contributed by atoms with Gasteiger partial charge in [0.1, 0.15) is 0 Å². The Morgan fingerprint density at radius 1 is 1.39 bits per heavy atom. The number of hydrogen-bond acceptors (Lipinski definition) is 5. The van der Waals surface area contributed by atoms with Gasteiger partial charge in [-0.15, -0.1) is 35.1 Å². The van der Waals surface area contributed by atoms with Crippen LogP contribution in [0.4, 0.5) is 5.13 Å². The quantitative estimate of drug-likeness (QED) is 0.906.